The van der Waals surface area contributed by atoms with Gasteiger partial charge in [-0.3, -0.25) is 9.48 Å². The zero-order valence-corrected chi connectivity index (χ0v) is 22.2. The molecule has 0 aliphatic rings. The van der Waals surface area contributed by atoms with E-state index in [2.05, 4.69) is 10.4 Å². The summed E-state index contributed by atoms with van der Waals surface area (Å²) < 4.78 is 13.3. The second-order valence-electron chi connectivity index (χ2n) is 8.79. The van der Waals surface area contributed by atoms with Crippen LogP contribution in [0.5, 0.6) is 11.5 Å². The minimum atomic E-state index is -0.239. The molecule has 6 nitrogen and oxygen atoms in total. The molecule has 1 N–H and O–H groups in total. The number of nitrogens with one attached hydrogen (secondary N) is 1. The fourth-order valence-electron chi connectivity index (χ4n) is 3.97. The average Bonchev–Trinajstić information content (AvgIpc) is 3.15. The highest BCUT2D eigenvalue weighted by Crippen LogP contribution is 2.25. The molecular weight excluding hydrogens is 486 g/mol. The lowest BCUT2D eigenvalue weighted by Crippen LogP contribution is -2.10. The molecule has 0 bridgehead atoms. The van der Waals surface area contributed by atoms with Crippen LogP contribution in [0.25, 0.3) is 6.08 Å². The minimum Gasteiger partial charge on any atom is -0.496 e. The number of methoxy groups -OCH3 is 1. The number of aromatic nitrogens is 2. The number of carbonyl (C=O) groups is 1. The zero-order valence-electron chi connectivity index (χ0n) is 21.4. The first kappa shape index (κ1) is 26.0. The molecular formula is C30H30ClN3O3. The van der Waals surface area contributed by atoms with Crippen LogP contribution in [-0.2, 0) is 17.9 Å². The van der Waals surface area contributed by atoms with Crippen molar-refractivity contribution in [3.8, 4) is 11.5 Å². The molecule has 190 valence electrons. The van der Waals surface area contributed by atoms with Gasteiger partial charge in [-0.1, -0.05) is 53.6 Å². The van der Waals surface area contributed by atoms with Gasteiger partial charge in [0.05, 0.1) is 30.7 Å². The summed E-state index contributed by atoms with van der Waals surface area (Å²) in [7, 11) is 1.63. The molecule has 0 radical (unpaired) electrons. The summed E-state index contributed by atoms with van der Waals surface area (Å²) in [6.07, 6.45) is 3.28. The Labute approximate surface area is 222 Å². The number of hydrogen-bond donors (Lipinski definition) is 1. The predicted octanol–water partition coefficient (Wildman–Crippen LogP) is 6.75. The van der Waals surface area contributed by atoms with Crippen LogP contribution < -0.4 is 14.8 Å². The van der Waals surface area contributed by atoms with Crippen molar-refractivity contribution in [1.82, 2.24) is 9.78 Å². The summed E-state index contributed by atoms with van der Waals surface area (Å²) >= 11 is 6.31. The minimum absolute atomic E-state index is 0.239. The van der Waals surface area contributed by atoms with Crippen molar-refractivity contribution in [2.75, 3.05) is 12.4 Å². The Balaban J connectivity index is 1.43. The Hall–Kier alpha value is -4.03. The van der Waals surface area contributed by atoms with E-state index in [1.54, 1.807) is 13.2 Å². The highest BCUT2D eigenvalue weighted by atomic mass is 35.5. The Morgan fingerprint density at radius 3 is 2.51 bits per heavy atom. The third kappa shape index (κ3) is 6.60. The molecule has 3 aromatic carbocycles. The molecule has 4 rings (SSSR count). The first-order valence-corrected chi connectivity index (χ1v) is 12.3. The number of amides is 1. The van der Waals surface area contributed by atoms with Crippen molar-refractivity contribution in [2.24, 2.45) is 0 Å². The molecule has 4 aromatic rings. The summed E-state index contributed by atoms with van der Waals surface area (Å²) in [6, 6.07) is 21.3. The maximum absolute atomic E-state index is 12.8. The van der Waals surface area contributed by atoms with Crippen molar-refractivity contribution in [1.29, 1.82) is 0 Å². The van der Waals surface area contributed by atoms with E-state index < -0.39 is 0 Å². The Bertz CT molecular complexity index is 1420. The number of aryl methyl sites for hydroxylation is 2. The molecule has 0 saturated heterocycles. The molecule has 0 aliphatic heterocycles. The maximum Gasteiger partial charge on any atom is 0.248 e. The summed E-state index contributed by atoms with van der Waals surface area (Å²) in [4.78, 5) is 12.8. The van der Waals surface area contributed by atoms with Crippen molar-refractivity contribution in [2.45, 2.75) is 33.9 Å². The van der Waals surface area contributed by atoms with Crippen molar-refractivity contribution in [3.05, 3.63) is 111 Å². The molecule has 0 saturated carbocycles. The third-order valence-corrected chi connectivity index (χ3v) is 6.42. The zero-order chi connectivity index (χ0) is 26.4. The number of ether oxygens (including phenoxy) is 2. The van der Waals surface area contributed by atoms with Crippen LogP contribution in [0.2, 0.25) is 5.02 Å². The molecule has 0 fully saturated rings. The fraction of sp³-hybridized carbons (Fsp3) is 0.200. The highest BCUT2D eigenvalue weighted by Gasteiger charge is 2.14. The van der Waals surface area contributed by atoms with Crippen LogP contribution in [0.15, 0.2) is 72.8 Å². The van der Waals surface area contributed by atoms with Gasteiger partial charge in [0.25, 0.3) is 0 Å². The molecule has 0 spiro atoms. The van der Waals surface area contributed by atoms with Gasteiger partial charge in [0.2, 0.25) is 5.91 Å². The van der Waals surface area contributed by atoms with Gasteiger partial charge in [-0.05, 0) is 68.3 Å². The lowest BCUT2D eigenvalue weighted by molar-refractivity contribution is -0.111. The van der Waals surface area contributed by atoms with Gasteiger partial charge < -0.3 is 14.8 Å². The Morgan fingerprint density at radius 1 is 1.03 bits per heavy atom. The fourth-order valence-corrected chi connectivity index (χ4v) is 4.16. The van der Waals surface area contributed by atoms with Gasteiger partial charge in [0.15, 0.2) is 0 Å². The van der Waals surface area contributed by atoms with E-state index in [0.29, 0.717) is 23.9 Å². The van der Waals surface area contributed by atoms with Crippen LogP contribution in [0.1, 0.15) is 33.6 Å². The number of hydrogen-bond acceptors (Lipinski definition) is 4. The van der Waals surface area contributed by atoms with E-state index in [1.165, 1.54) is 11.6 Å². The van der Waals surface area contributed by atoms with Gasteiger partial charge in [0.1, 0.15) is 18.1 Å². The molecule has 0 unspecified atom stereocenters. The smallest absolute Gasteiger partial charge is 0.248 e. The van der Waals surface area contributed by atoms with E-state index in [1.807, 2.05) is 92.2 Å². The monoisotopic (exact) mass is 515 g/mol. The molecule has 7 heteroatoms. The van der Waals surface area contributed by atoms with E-state index in [0.717, 1.165) is 39.6 Å². The molecule has 37 heavy (non-hydrogen) atoms. The van der Waals surface area contributed by atoms with Crippen LogP contribution in [-0.4, -0.2) is 22.8 Å². The van der Waals surface area contributed by atoms with Gasteiger partial charge in [-0.15, -0.1) is 0 Å². The maximum atomic E-state index is 12.8. The molecule has 1 aromatic heterocycles. The summed E-state index contributed by atoms with van der Waals surface area (Å²) in [5.41, 5.74) is 6.19. The standard InChI is InChI=1S/C30H30ClN3O3/c1-20-9-13-26(14-10-20)37-19-25-17-23(11-15-28(25)36-4)12-16-29(35)32-30-21(2)33-34(22(30)3)18-24-7-5-6-8-27(24)31/h5-17H,18-19H2,1-4H3,(H,32,35)/b16-12+. The number of anilines is 1. The van der Waals surface area contributed by atoms with Gasteiger partial charge in [-0.2, -0.15) is 5.10 Å². The third-order valence-electron chi connectivity index (χ3n) is 6.05. The van der Waals surface area contributed by atoms with E-state index in [-0.39, 0.29) is 5.91 Å². The van der Waals surface area contributed by atoms with Crippen LogP contribution in [0.4, 0.5) is 5.69 Å². The van der Waals surface area contributed by atoms with Crippen molar-refractivity contribution in [3.63, 3.8) is 0 Å². The number of nitrogens with zero attached hydrogens (tertiary/aromatic N) is 2. The number of rotatable bonds is 9. The first-order valence-electron chi connectivity index (χ1n) is 12.0. The first-order chi connectivity index (χ1) is 17.8. The van der Waals surface area contributed by atoms with E-state index in [4.69, 9.17) is 21.1 Å². The van der Waals surface area contributed by atoms with E-state index >= 15 is 0 Å². The van der Waals surface area contributed by atoms with Crippen molar-refractivity contribution >= 4 is 29.3 Å². The topological polar surface area (TPSA) is 65.4 Å². The second-order valence-corrected chi connectivity index (χ2v) is 9.20. The predicted molar refractivity (Wildman–Crippen MR) is 148 cm³/mol. The highest BCUT2D eigenvalue weighted by molar-refractivity contribution is 6.31. The van der Waals surface area contributed by atoms with Crippen LogP contribution in [0, 0.1) is 20.8 Å². The largest absolute Gasteiger partial charge is 0.496 e. The van der Waals surface area contributed by atoms with Gasteiger partial charge >= 0.3 is 0 Å². The Kier molecular flexibility index (Phi) is 8.31. The normalized spacial score (nSPS) is 11.1. The SMILES string of the molecule is COc1ccc(/C=C/C(=O)Nc2c(C)nn(Cc3ccccc3Cl)c2C)cc1COc1ccc(C)cc1. The van der Waals surface area contributed by atoms with Crippen molar-refractivity contribution < 1.29 is 14.3 Å². The lowest BCUT2D eigenvalue weighted by atomic mass is 10.1. The molecule has 0 atom stereocenters. The quantitative estimate of drug-likeness (QED) is 0.250. The molecule has 1 heterocycles. The molecule has 0 aliphatic carbocycles. The second kappa shape index (κ2) is 11.8. The van der Waals surface area contributed by atoms with Gasteiger partial charge in [-0.25, -0.2) is 0 Å². The molecule has 1 amide bonds. The van der Waals surface area contributed by atoms with Crippen LogP contribution in [0.3, 0.4) is 0 Å². The number of carbonyl (C=O) groups excluding carboxylic acids is 1. The number of halogens is 1. The Morgan fingerprint density at radius 2 is 1.78 bits per heavy atom. The van der Waals surface area contributed by atoms with E-state index in [9.17, 15) is 4.79 Å². The van der Waals surface area contributed by atoms with Gasteiger partial charge in [0, 0.05) is 16.7 Å². The summed E-state index contributed by atoms with van der Waals surface area (Å²) in [6.45, 7) is 6.72. The average molecular weight is 516 g/mol. The van der Waals surface area contributed by atoms with Crippen LogP contribution >= 0.6 is 11.6 Å². The summed E-state index contributed by atoms with van der Waals surface area (Å²) in [5.74, 6) is 1.27. The number of benzene rings is 3. The summed E-state index contributed by atoms with van der Waals surface area (Å²) in [5, 5.41) is 8.24. The lowest BCUT2D eigenvalue weighted by Gasteiger charge is -2.11.